The van der Waals surface area contributed by atoms with E-state index in [9.17, 15) is 48.7 Å². The van der Waals surface area contributed by atoms with Gasteiger partial charge in [-0.1, -0.05) is 12.1 Å². The minimum absolute atomic E-state index is 0.00345. The number of rotatable bonds is 2. The van der Waals surface area contributed by atoms with Crippen LogP contribution >= 0.6 is 0 Å². The summed E-state index contributed by atoms with van der Waals surface area (Å²) in [7, 11) is 0. The molecule has 190 valence electrons. The summed E-state index contributed by atoms with van der Waals surface area (Å²) in [5.74, 6) is -11.5. The fourth-order valence-corrected chi connectivity index (χ4v) is 5.47. The molecule has 7 N–H and O–H groups in total. The molecular formula is C26H19F2NO8. The van der Waals surface area contributed by atoms with Crippen molar-refractivity contribution < 1.29 is 48.7 Å². The quantitative estimate of drug-likeness (QED) is 0.330. The van der Waals surface area contributed by atoms with Gasteiger partial charge in [-0.15, -0.1) is 0 Å². The number of carbonyl (C=O) groups excluding carboxylic acids is 3. The Bertz CT molecular complexity index is 1520. The molecule has 3 aliphatic rings. The highest BCUT2D eigenvalue weighted by Crippen LogP contribution is 2.55. The summed E-state index contributed by atoms with van der Waals surface area (Å²) in [6.45, 7) is 0. The van der Waals surface area contributed by atoms with Crippen LogP contribution in [0.2, 0.25) is 0 Å². The second-order valence-electron chi connectivity index (χ2n) is 9.11. The highest BCUT2D eigenvalue weighted by atomic mass is 19.1. The number of hydrogen-bond donors (Lipinski definition) is 6. The first kappa shape index (κ1) is 24.3. The van der Waals surface area contributed by atoms with E-state index in [1.54, 1.807) is 0 Å². The maximum absolute atomic E-state index is 14.6. The van der Waals surface area contributed by atoms with Gasteiger partial charge in [0, 0.05) is 29.9 Å². The third-order valence-electron chi connectivity index (χ3n) is 7.17. The zero-order valence-corrected chi connectivity index (χ0v) is 18.8. The normalized spacial score (nSPS) is 28.2. The molecule has 2 aromatic carbocycles. The number of phenolic OH excluding ortho intramolecular Hbond substituents is 1. The van der Waals surface area contributed by atoms with Gasteiger partial charge in [0.05, 0.1) is 17.2 Å². The molecule has 0 heterocycles. The van der Waals surface area contributed by atoms with Gasteiger partial charge in [0.1, 0.15) is 34.5 Å². The van der Waals surface area contributed by atoms with Gasteiger partial charge in [0.25, 0.3) is 5.91 Å². The zero-order chi connectivity index (χ0) is 27.0. The summed E-state index contributed by atoms with van der Waals surface area (Å²) in [5.41, 5.74) is 0.130. The van der Waals surface area contributed by atoms with Gasteiger partial charge in [-0.05, 0) is 35.4 Å². The second-order valence-corrected chi connectivity index (χ2v) is 9.11. The molecule has 11 heteroatoms. The molecule has 37 heavy (non-hydrogen) atoms. The smallest absolute Gasteiger partial charge is 0.255 e. The monoisotopic (exact) mass is 511 g/mol. The fraction of sp³-hybridized carbons (Fsp3) is 0.192. The number of primary amides is 1. The van der Waals surface area contributed by atoms with Crippen molar-refractivity contribution in [1.29, 1.82) is 0 Å². The molecule has 0 saturated heterocycles. The number of aromatic hydroxyl groups is 1. The third-order valence-corrected chi connectivity index (χ3v) is 7.17. The number of fused-ring (bicyclic) bond motifs is 3. The number of nitrogens with two attached hydrogens (primary N) is 1. The standard InChI is InChI=1S/C26H19F2NO8/c27-10-5-4-9(14(28)7-10)6-12-11-2-1-3-15(30)17(11)22(33)20-18(12)21(32)13-8-16(31)19(25(29)36)23(34)26(13,37)24(20)35/h1-7,13,18,21,30,32-34,37H,8H2,(H2,29,36)/b12-6+/t13-,18-,21-,26-/m1/s1. The molecule has 0 spiro atoms. The average Bonchev–Trinajstić information content (AvgIpc) is 2.82. The van der Waals surface area contributed by atoms with Crippen molar-refractivity contribution in [2.45, 2.75) is 18.1 Å². The molecule has 0 bridgehead atoms. The van der Waals surface area contributed by atoms with Gasteiger partial charge in [-0.2, -0.15) is 0 Å². The van der Waals surface area contributed by atoms with Crippen molar-refractivity contribution in [2.75, 3.05) is 0 Å². The van der Waals surface area contributed by atoms with Crippen molar-refractivity contribution in [1.82, 2.24) is 0 Å². The summed E-state index contributed by atoms with van der Waals surface area (Å²) in [4.78, 5) is 38.1. The van der Waals surface area contributed by atoms with Crippen LogP contribution in [0.4, 0.5) is 8.78 Å². The minimum Gasteiger partial charge on any atom is -0.508 e. The van der Waals surface area contributed by atoms with E-state index in [2.05, 4.69) is 0 Å². The topological polar surface area (TPSA) is 178 Å². The van der Waals surface area contributed by atoms with Crippen LogP contribution in [0.15, 0.2) is 53.3 Å². The molecule has 0 radical (unpaired) electrons. The molecule has 2 aromatic rings. The number of ketones is 2. The lowest BCUT2D eigenvalue weighted by molar-refractivity contribution is -0.157. The molecular weight excluding hydrogens is 492 g/mol. The Labute approximate surface area is 207 Å². The lowest BCUT2D eigenvalue weighted by atomic mass is 9.56. The highest BCUT2D eigenvalue weighted by Gasteiger charge is 2.64. The van der Waals surface area contributed by atoms with E-state index in [0.29, 0.717) is 6.07 Å². The Morgan fingerprint density at radius 2 is 1.81 bits per heavy atom. The lowest BCUT2D eigenvalue weighted by Crippen LogP contribution is -2.63. The summed E-state index contributed by atoms with van der Waals surface area (Å²) >= 11 is 0. The van der Waals surface area contributed by atoms with E-state index in [4.69, 9.17) is 5.73 Å². The Balaban J connectivity index is 1.83. The SMILES string of the molecule is NC(=O)C1=C(O)[C@@]2(O)C(=O)C3=C(O)c4c(O)cccc4/C(=C\c4ccc(F)cc4F)[C@H]3[C@H](O)[C@H]2CC1=O. The van der Waals surface area contributed by atoms with Gasteiger partial charge in [0.15, 0.2) is 11.4 Å². The van der Waals surface area contributed by atoms with Crippen molar-refractivity contribution in [3.05, 3.63) is 81.6 Å². The molecule has 0 unspecified atom stereocenters. The zero-order valence-electron chi connectivity index (χ0n) is 18.8. The number of phenols is 1. The van der Waals surface area contributed by atoms with Crippen LogP contribution in [0.25, 0.3) is 17.4 Å². The minimum atomic E-state index is -3.01. The second kappa shape index (κ2) is 8.08. The van der Waals surface area contributed by atoms with Crippen LogP contribution in [0.5, 0.6) is 5.75 Å². The van der Waals surface area contributed by atoms with Crippen LogP contribution < -0.4 is 5.73 Å². The number of Topliss-reactive ketones (excluding diaryl/α,β-unsaturated/α-hetero) is 2. The summed E-state index contributed by atoms with van der Waals surface area (Å²) in [6.07, 6.45) is -1.42. The van der Waals surface area contributed by atoms with E-state index in [-0.39, 0.29) is 22.3 Å². The number of aliphatic hydroxyl groups is 4. The maximum atomic E-state index is 14.6. The predicted octanol–water partition coefficient (Wildman–Crippen LogP) is 1.67. The van der Waals surface area contributed by atoms with E-state index in [1.807, 2.05) is 0 Å². The van der Waals surface area contributed by atoms with Crippen LogP contribution in [0.3, 0.4) is 0 Å². The molecule has 4 atom stereocenters. The van der Waals surface area contributed by atoms with Gasteiger partial charge < -0.3 is 31.3 Å². The van der Waals surface area contributed by atoms with E-state index < -0.39 is 87.5 Å². The van der Waals surface area contributed by atoms with Gasteiger partial charge in [-0.3, -0.25) is 14.4 Å². The third kappa shape index (κ3) is 3.24. The number of hydrogen-bond acceptors (Lipinski definition) is 8. The number of carbonyl (C=O) groups is 3. The number of halogens is 2. The Kier molecular flexibility index (Phi) is 5.32. The first-order chi connectivity index (χ1) is 17.4. The van der Waals surface area contributed by atoms with E-state index in [0.717, 1.165) is 12.1 Å². The number of benzene rings is 2. The number of aliphatic hydroxyl groups excluding tert-OH is 3. The van der Waals surface area contributed by atoms with Crippen molar-refractivity contribution in [3.63, 3.8) is 0 Å². The maximum Gasteiger partial charge on any atom is 0.255 e. The van der Waals surface area contributed by atoms with E-state index >= 15 is 0 Å². The van der Waals surface area contributed by atoms with Gasteiger partial charge in [0.2, 0.25) is 5.78 Å². The van der Waals surface area contributed by atoms with E-state index in [1.165, 1.54) is 24.3 Å². The fourth-order valence-electron chi connectivity index (χ4n) is 5.47. The van der Waals surface area contributed by atoms with Crippen LogP contribution in [-0.4, -0.2) is 54.7 Å². The Morgan fingerprint density at radius 1 is 1.11 bits per heavy atom. The Hall–Kier alpha value is -4.35. The molecule has 0 aliphatic heterocycles. The molecule has 3 aliphatic carbocycles. The highest BCUT2D eigenvalue weighted by molar-refractivity contribution is 6.23. The summed E-state index contributed by atoms with van der Waals surface area (Å²) in [5, 5.41) is 55.0. The molecule has 9 nitrogen and oxygen atoms in total. The van der Waals surface area contributed by atoms with Crippen molar-refractivity contribution in [3.8, 4) is 5.75 Å². The Morgan fingerprint density at radius 3 is 2.46 bits per heavy atom. The predicted molar refractivity (Wildman–Crippen MR) is 123 cm³/mol. The van der Waals surface area contributed by atoms with Crippen LogP contribution in [0, 0.1) is 23.5 Å². The molecule has 1 saturated carbocycles. The molecule has 0 aromatic heterocycles. The van der Waals surface area contributed by atoms with Crippen LogP contribution in [-0.2, 0) is 14.4 Å². The van der Waals surface area contributed by atoms with Crippen LogP contribution in [0.1, 0.15) is 23.1 Å². The largest absolute Gasteiger partial charge is 0.508 e. The van der Waals surface area contributed by atoms with Crippen molar-refractivity contribution in [2.24, 2.45) is 17.6 Å². The summed E-state index contributed by atoms with van der Waals surface area (Å²) in [6, 6.07) is 6.69. The average molecular weight is 511 g/mol. The first-order valence-corrected chi connectivity index (χ1v) is 11.0. The lowest BCUT2D eigenvalue weighted by Gasteiger charge is -2.49. The van der Waals surface area contributed by atoms with Gasteiger partial charge in [-0.25, -0.2) is 8.78 Å². The molecule has 1 fully saturated rings. The molecule has 5 rings (SSSR count). The van der Waals surface area contributed by atoms with Gasteiger partial charge >= 0.3 is 0 Å². The first-order valence-electron chi connectivity index (χ1n) is 11.0. The molecule has 1 amide bonds. The summed E-state index contributed by atoms with van der Waals surface area (Å²) < 4.78 is 28.1. The number of amides is 1. The van der Waals surface area contributed by atoms with Crippen molar-refractivity contribution >= 4 is 34.9 Å².